The van der Waals surface area contributed by atoms with E-state index in [-0.39, 0.29) is 18.5 Å². The van der Waals surface area contributed by atoms with Gasteiger partial charge in [-0.2, -0.15) is 4.31 Å². The Morgan fingerprint density at radius 3 is 2.33 bits per heavy atom. The van der Waals surface area contributed by atoms with E-state index in [9.17, 15) is 18.0 Å². The van der Waals surface area contributed by atoms with Crippen LogP contribution >= 0.6 is 0 Å². The van der Waals surface area contributed by atoms with Gasteiger partial charge < -0.3 is 14.8 Å². The number of nitrogens with one attached hydrogen (secondary N) is 1. The number of furan rings is 1. The highest BCUT2D eigenvalue weighted by Gasteiger charge is 2.41. The van der Waals surface area contributed by atoms with Crippen molar-refractivity contribution in [2.45, 2.75) is 75.0 Å². The van der Waals surface area contributed by atoms with Crippen LogP contribution in [-0.2, 0) is 14.8 Å². The van der Waals surface area contributed by atoms with Crippen LogP contribution in [0.2, 0.25) is 0 Å². The number of hydrogen-bond donors (Lipinski definition) is 2. The zero-order valence-electron chi connectivity index (χ0n) is 15.2. The number of amides is 1. The summed E-state index contributed by atoms with van der Waals surface area (Å²) < 4.78 is 31.8. The van der Waals surface area contributed by atoms with Gasteiger partial charge in [-0.3, -0.25) is 4.79 Å². The zero-order valence-corrected chi connectivity index (χ0v) is 16.0. The first-order valence-electron chi connectivity index (χ1n) is 9.55. The summed E-state index contributed by atoms with van der Waals surface area (Å²) in [5.41, 5.74) is 0. The predicted octanol–water partition coefficient (Wildman–Crippen LogP) is 2.36. The Morgan fingerprint density at radius 1 is 1.04 bits per heavy atom. The van der Waals surface area contributed by atoms with Crippen molar-refractivity contribution in [3.8, 4) is 0 Å². The van der Waals surface area contributed by atoms with Crippen molar-refractivity contribution in [1.82, 2.24) is 9.62 Å². The molecule has 8 nitrogen and oxygen atoms in total. The molecule has 1 aromatic rings. The van der Waals surface area contributed by atoms with Gasteiger partial charge in [-0.05, 0) is 37.8 Å². The molecule has 2 heterocycles. The molecule has 1 aromatic heterocycles. The Morgan fingerprint density at radius 2 is 1.70 bits per heavy atom. The van der Waals surface area contributed by atoms with E-state index in [1.54, 1.807) is 0 Å². The van der Waals surface area contributed by atoms with Crippen molar-refractivity contribution < 1.29 is 27.5 Å². The lowest BCUT2D eigenvalue weighted by atomic mass is 9.96. The molecule has 1 atom stereocenters. The van der Waals surface area contributed by atoms with Gasteiger partial charge in [0.2, 0.25) is 16.8 Å². The second-order valence-corrected chi connectivity index (χ2v) is 9.07. The average Bonchev–Trinajstić information content (AvgIpc) is 3.26. The molecule has 1 aliphatic heterocycles. The van der Waals surface area contributed by atoms with E-state index in [2.05, 4.69) is 5.32 Å². The first kappa shape index (κ1) is 19.9. The Balaban J connectivity index is 1.71. The summed E-state index contributed by atoms with van der Waals surface area (Å²) in [6.45, 7) is 0.216. The standard InChI is InChI=1S/C18H26N2O6S/c21-17(19-13-7-4-2-1-3-5-8-13)14-9-6-12-20(14)27(24,25)16-11-10-15(26-16)18(22)23/h10-11,13-14H,1-9,12H2,(H,19,21)(H,22,23). The van der Waals surface area contributed by atoms with Crippen molar-refractivity contribution in [1.29, 1.82) is 0 Å². The third kappa shape index (κ3) is 4.52. The maximum Gasteiger partial charge on any atom is 0.371 e. The molecule has 2 fully saturated rings. The number of carbonyl (C=O) groups excluding carboxylic acids is 1. The molecule has 2 aliphatic rings. The lowest BCUT2D eigenvalue weighted by Gasteiger charge is -2.26. The number of nitrogens with zero attached hydrogens (tertiary/aromatic N) is 1. The highest BCUT2D eigenvalue weighted by molar-refractivity contribution is 7.89. The SMILES string of the molecule is O=C(O)c1ccc(S(=O)(=O)N2CCCC2C(=O)NC2CCCCCCC2)o1. The summed E-state index contributed by atoms with van der Waals surface area (Å²) in [5, 5.41) is 11.5. The Labute approximate surface area is 159 Å². The van der Waals surface area contributed by atoms with Gasteiger partial charge in [0, 0.05) is 12.6 Å². The van der Waals surface area contributed by atoms with Crippen LogP contribution in [0, 0.1) is 0 Å². The topological polar surface area (TPSA) is 117 Å². The number of carboxylic acids is 1. The van der Waals surface area contributed by atoms with Crippen molar-refractivity contribution in [2.24, 2.45) is 0 Å². The molecule has 3 rings (SSSR count). The van der Waals surface area contributed by atoms with Gasteiger partial charge in [-0.1, -0.05) is 32.1 Å². The van der Waals surface area contributed by atoms with Gasteiger partial charge in [-0.25, -0.2) is 13.2 Å². The van der Waals surface area contributed by atoms with Crippen LogP contribution in [0.3, 0.4) is 0 Å². The van der Waals surface area contributed by atoms with E-state index in [0.29, 0.717) is 12.8 Å². The number of aromatic carboxylic acids is 1. The molecule has 0 aromatic carbocycles. The van der Waals surface area contributed by atoms with Crippen LogP contribution in [0.4, 0.5) is 0 Å². The monoisotopic (exact) mass is 398 g/mol. The second kappa shape index (κ2) is 8.43. The molecule has 0 spiro atoms. The van der Waals surface area contributed by atoms with Gasteiger partial charge in [-0.15, -0.1) is 0 Å². The fraction of sp³-hybridized carbons (Fsp3) is 0.667. The molecule has 9 heteroatoms. The normalized spacial score (nSPS) is 22.9. The largest absolute Gasteiger partial charge is 0.475 e. The van der Waals surface area contributed by atoms with E-state index >= 15 is 0 Å². The number of rotatable bonds is 5. The van der Waals surface area contributed by atoms with Crippen LogP contribution in [0.25, 0.3) is 0 Å². The van der Waals surface area contributed by atoms with Crippen molar-refractivity contribution in [2.75, 3.05) is 6.54 Å². The quantitative estimate of drug-likeness (QED) is 0.786. The number of sulfonamides is 1. The van der Waals surface area contributed by atoms with Gasteiger partial charge in [0.05, 0.1) is 0 Å². The van der Waals surface area contributed by atoms with Crippen LogP contribution in [0.15, 0.2) is 21.6 Å². The Bertz CT molecular complexity index is 780. The van der Waals surface area contributed by atoms with E-state index in [0.717, 1.165) is 42.1 Å². The molecule has 1 amide bonds. The number of hydrogen-bond acceptors (Lipinski definition) is 5. The lowest BCUT2D eigenvalue weighted by molar-refractivity contribution is -0.125. The molecular formula is C18H26N2O6S. The maximum atomic E-state index is 12.8. The molecule has 1 unspecified atom stereocenters. The molecule has 150 valence electrons. The van der Waals surface area contributed by atoms with Crippen molar-refractivity contribution in [3.63, 3.8) is 0 Å². The minimum atomic E-state index is -4.06. The summed E-state index contributed by atoms with van der Waals surface area (Å²) >= 11 is 0. The molecule has 27 heavy (non-hydrogen) atoms. The third-order valence-corrected chi connectivity index (χ3v) is 7.10. The van der Waals surface area contributed by atoms with E-state index in [4.69, 9.17) is 9.52 Å². The Kier molecular flexibility index (Phi) is 6.21. The van der Waals surface area contributed by atoms with Crippen LogP contribution in [-0.4, -0.2) is 48.3 Å². The lowest BCUT2D eigenvalue weighted by Crippen LogP contribution is -2.48. The van der Waals surface area contributed by atoms with Crippen LogP contribution in [0.1, 0.15) is 68.3 Å². The summed E-state index contributed by atoms with van der Waals surface area (Å²) in [7, 11) is -4.06. The van der Waals surface area contributed by atoms with Crippen LogP contribution < -0.4 is 5.32 Å². The minimum absolute atomic E-state index is 0.0881. The van der Waals surface area contributed by atoms with Gasteiger partial charge >= 0.3 is 5.97 Å². The van der Waals surface area contributed by atoms with Crippen molar-refractivity contribution >= 4 is 21.9 Å². The van der Waals surface area contributed by atoms with Crippen LogP contribution in [0.5, 0.6) is 0 Å². The summed E-state index contributed by atoms with van der Waals surface area (Å²) in [6, 6.07) is 1.54. The Hall–Kier alpha value is -1.87. The highest BCUT2D eigenvalue weighted by atomic mass is 32.2. The summed E-state index contributed by atoms with van der Waals surface area (Å²) in [6.07, 6.45) is 8.58. The minimum Gasteiger partial charge on any atom is -0.475 e. The molecule has 2 N–H and O–H groups in total. The zero-order chi connectivity index (χ0) is 19.4. The van der Waals surface area contributed by atoms with E-state index in [1.807, 2.05) is 0 Å². The van der Waals surface area contributed by atoms with Gasteiger partial charge in [0.1, 0.15) is 6.04 Å². The third-order valence-electron chi connectivity index (χ3n) is 5.31. The predicted molar refractivity (Wildman–Crippen MR) is 96.8 cm³/mol. The molecule has 0 radical (unpaired) electrons. The van der Waals surface area contributed by atoms with Crippen molar-refractivity contribution in [3.05, 3.63) is 17.9 Å². The molecule has 1 saturated carbocycles. The van der Waals surface area contributed by atoms with Gasteiger partial charge in [0.15, 0.2) is 0 Å². The number of carbonyl (C=O) groups is 2. The fourth-order valence-corrected chi connectivity index (χ4v) is 5.45. The first-order chi connectivity index (χ1) is 12.9. The average molecular weight is 398 g/mol. The summed E-state index contributed by atoms with van der Waals surface area (Å²) in [5.74, 6) is -2.05. The molecule has 1 aliphatic carbocycles. The second-order valence-electron chi connectivity index (χ2n) is 7.25. The first-order valence-corrected chi connectivity index (χ1v) is 11.0. The molecule has 0 bridgehead atoms. The smallest absolute Gasteiger partial charge is 0.371 e. The van der Waals surface area contributed by atoms with E-state index < -0.39 is 32.9 Å². The highest BCUT2D eigenvalue weighted by Crippen LogP contribution is 2.28. The van der Waals surface area contributed by atoms with Gasteiger partial charge in [0.25, 0.3) is 10.0 Å². The molecular weight excluding hydrogens is 372 g/mol. The summed E-state index contributed by atoms with van der Waals surface area (Å²) in [4.78, 5) is 23.7. The fourth-order valence-electron chi connectivity index (χ4n) is 3.88. The molecule has 1 saturated heterocycles. The number of carboxylic acid groups (broad SMARTS) is 1. The maximum absolute atomic E-state index is 12.8. The van der Waals surface area contributed by atoms with E-state index in [1.165, 1.54) is 19.3 Å².